The molecule has 0 radical (unpaired) electrons. The Morgan fingerprint density at radius 2 is 2.19 bits per heavy atom. The second kappa shape index (κ2) is 3.88. The summed E-state index contributed by atoms with van der Waals surface area (Å²) in [6, 6.07) is 10.3. The van der Waals surface area contributed by atoms with Crippen LogP contribution in [0.1, 0.15) is 10.4 Å². The van der Waals surface area contributed by atoms with Crippen LogP contribution in [0.5, 0.6) is 0 Å². The number of thiazole rings is 1. The largest absolute Gasteiger partial charge is 0.312 e. The minimum atomic E-state index is 0.0169. The lowest BCUT2D eigenvalue weighted by atomic mass is 10.1. The number of thiophene rings is 1. The van der Waals surface area contributed by atoms with E-state index < -0.39 is 0 Å². The Bertz CT molecular complexity index is 664. The zero-order valence-corrected chi connectivity index (χ0v) is 10.0. The molecule has 4 heteroatoms. The third-order valence-corrected chi connectivity index (χ3v) is 4.17. The summed E-state index contributed by atoms with van der Waals surface area (Å²) in [7, 11) is 0. The van der Waals surface area contributed by atoms with Gasteiger partial charge in [-0.05, 0) is 29.1 Å². The Morgan fingerprint density at radius 1 is 1.25 bits per heavy atom. The quantitative estimate of drug-likeness (QED) is 0.741. The van der Waals surface area contributed by atoms with E-state index in [2.05, 4.69) is 34.6 Å². The van der Waals surface area contributed by atoms with E-state index >= 15 is 0 Å². The molecule has 3 rings (SSSR count). The molecule has 0 aliphatic rings. The number of hydrogen-bond donors (Lipinski definition) is 1. The first kappa shape index (κ1) is 9.81. The number of aromatic amines is 1. The van der Waals surface area contributed by atoms with Crippen molar-refractivity contribution in [2.24, 2.45) is 0 Å². The van der Waals surface area contributed by atoms with Gasteiger partial charge in [0, 0.05) is 11.3 Å². The van der Waals surface area contributed by atoms with E-state index in [0.29, 0.717) is 0 Å². The van der Waals surface area contributed by atoms with Crippen molar-refractivity contribution in [3.05, 3.63) is 55.8 Å². The lowest BCUT2D eigenvalue weighted by molar-refractivity contribution is 1.25. The highest BCUT2D eigenvalue weighted by molar-refractivity contribution is 7.16. The van der Waals surface area contributed by atoms with Crippen LogP contribution in [0.25, 0.3) is 10.2 Å². The Hall–Kier alpha value is -1.39. The number of rotatable bonds is 2. The molecule has 0 amide bonds. The molecular weight excluding hydrogens is 238 g/mol. The molecule has 0 unspecified atom stereocenters. The van der Waals surface area contributed by atoms with E-state index in [4.69, 9.17) is 0 Å². The number of H-pyrrole nitrogens is 1. The number of benzene rings is 1. The second-order valence-electron chi connectivity index (χ2n) is 3.60. The molecule has 1 N–H and O–H groups in total. The summed E-state index contributed by atoms with van der Waals surface area (Å²) in [5, 5.41) is 2.09. The van der Waals surface area contributed by atoms with Gasteiger partial charge < -0.3 is 4.98 Å². The molecule has 0 aliphatic carbocycles. The first-order chi connectivity index (χ1) is 7.81. The van der Waals surface area contributed by atoms with Crippen molar-refractivity contribution in [1.82, 2.24) is 4.98 Å². The SMILES string of the molecule is O=c1[nH]c2ccc(Cc3cccs3)cc2s1. The highest BCUT2D eigenvalue weighted by Gasteiger charge is 2.02. The smallest absolute Gasteiger partial charge is 0.305 e. The first-order valence-corrected chi connectivity index (χ1v) is 6.65. The summed E-state index contributed by atoms with van der Waals surface area (Å²) in [5.41, 5.74) is 2.19. The van der Waals surface area contributed by atoms with Gasteiger partial charge in [-0.15, -0.1) is 11.3 Å². The molecule has 0 saturated heterocycles. The Kier molecular flexibility index (Phi) is 2.38. The van der Waals surface area contributed by atoms with E-state index in [1.165, 1.54) is 21.8 Å². The Balaban J connectivity index is 2.01. The van der Waals surface area contributed by atoms with E-state index in [1.807, 2.05) is 6.07 Å². The summed E-state index contributed by atoms with van der Waals surface area (Å²) in [5.74, 6) is 0. The van der Waals surface area contributed by atoms with Gasteiger partial charge in [-0.3, -0.25) is 4.79 Å². The lowest BCUT2D eigenvalue weighted by Gasteiger charge is -1.98. The Morgan fingerprint density at radius 3 is 3.00 bits per heavy atom. The van der Waals surface area contributed by atoms with Gasteiger partial charge in [-0.1, -0.05) is 23.5 Å². The first-order valence-electron chi connectivity index (χ1n) is 4.95. The molecule has 1 aromatic carbocycles. The lowest BCUT2D eigenvalue weighted by Crippen LogP contribution is -1.89. The van der Waals surface area contributed by atoms with Crippen molar-refractivity contribution in [3.63, 3.8) is 0 Å². The molecule has 16 heavy (non-hydrogen) atoms. The summed E-state index contributed by atoms with van der Waals surface area (Å²) >= 11 is 3.03. The van der Waals surface area contributed by atoms with Gasteiger partial charge >= 0.3 is 4.87 Å². The molecule has 3 aromatic rings. The molecular formula is C12H9NOS2. The van der Waals surface area contributed by atoms with Gasteiger partial charge in [-0.2, -0.15) is 0 Å². The monoisotopic (exact) mass is 247 g/mol. The molecule has 80 valence electrons. The maximum absolute atomic E-state index is 11.2. The molecule has 0 saturated carbocycles. The van der Waals surface area contributed by atoms with Crippen molar-refractivity contribution in [3.8, 4) is 0 Å². The summed E-state index contributed by atoms with van der Waals surface area (Å²) in [6.07, 6.45) is 0.944. The molecule has 0 fully saturated rings. The van der Waals surface area contributed by atoms with Crippen LogP contribution in [-0.2, 0) is 6.42 Å². The number of hydrogen-bond acceptors (Lipinski definition) is 3. The van der Waals surface area contributed by atoms with E-state index in [-0.39, 0.29) is 4.87 Å². The summed E-state index contributed by atoms with van der Waals surface area (Å²) in [6.45, 7) is 0. The predicted octanol–water partition coefficient (Wildman–Crippen LogP) is 3.24. The van der Waals surface area contributed by atoms with Gasteiger partial charge in [0.25, 0.3) is 0 Å². The summed E-state index contributed by atoms with van der Waals surface area (Å²) < 4.78 is 1.04. The second-order valence-corrected chi connectivity index (χ2v) is 5.65. The molecule has 0 spiro atoms. The number of aromatic nitrogens is 1. The van der Waals surface area contributed by atoms with Crippen molar-refractivity contribution in [2.45, 2.75) is 6.42 Å². The van der Waals surface area contributed by atoms with Crippen LogP contribution in [-0.4, -0.2) is 4.98 Å². The fraction of sp³-hybridized carbons (Fsp3) is 0.0833. The van der Waals surface area contributed by atoms with Crippen LogP contribution >= 0.6 is 22.7 Å². The average molecular weight is 247 g/mol. The maximum atomic E-state index is 11.2. The number of fused-ring (bicyclic) bond motifs is 1. The fourth-order valence-electron chi connectivity index (χ4n) is 1.71. The molecule has 2 nitrogen and oxygen atoms in total. The van der Waals surface area contributed by atoms with Gasteiger partial charge in [-0.25, -0.2) is 0 Å². The fourth-order valence-corrected chi connectivity index (χ4v) is 3.25. The van der Waals surface area contributed by atoms with Crippen LogP contribution in [0.4, 0.5) is 0 Å². The normalized spacial score (nSPS) is 11.0. The highest BCUT2D eigenvalue weighted by atomic mass is 32.1. The molecule has 2 aromatic heterocycles. The number of nitrogens with one attached hydrogen (secondary N) is 1. The Labute approximate surface area is 100 Å². The van der Waals surface area contributed by atoms with Crippen molar-refractivity contribution < 1.29 is 0 Å². The van der Waals surface area contributed by atoms with Crippen LogP contribution < -0.4 is 4.87 Å². The van der Waals surface area contributed by atoms with Crippen molar-refractivity contribution in [2.75, 3.05) is 0 Å². The van der Waals surface area contributed by atoms with E-state index in [0.717, 1.165) is 16.6 Å². The maximum Gasteiger partial charge on any atom is 0.305 e. The van der Waals surface area contributed by atoms with Crippen LogP contribution in [0, 0.1) is 0 Å². The highest BCUT2D eigenvalue weighted by Crippen LogP contribution is 2.20. The third kappa shape index (κ3) is 1.81. The average Bonchev–Trinajstić information content (AvgIpc) is 2.85. The molecule has 0 bridgehead atoms. The van der Waals surface area contributed by atoms with Crippen LogP contribution in [0.15, 0.2) is 40.5 Å². The van der Waals surface area contributed by atoms with Gasteiger partial charge in [0.1, 0.15) is 0 Å². The molecule has 0 aliphatic heterocycles. The zero-order chi connectivity index (χ0) is 11.0. The van der Waals surface area contributed by atoms with Crippen molar-refractivity contribution in [1.29, 1.82) is 0 Å². The van der Waals surface area contributed by atoms with Gasteiger partial charge in [0.2, 0.25) is 0 Å². The van der Waals surface area contributed by atoms with Gasteiger partial charge in [0.15, 0.2) is 0 Å². The van der Waals surface area contributed by atoms with E-state index in [9.17, 15) is 4.79 Å². The predicted molar refractivity (Wildman–Crippen MR) is 69.6 cm³/mol. The van der Waals surface area contributed by atoms with Crippen molar-refractivity contribution >= 4 is 32.9 Å². The minimum Gasteiger partial charge on any atom is -0.312 e. The van der Waals surface area contributed by atoms with Gasteiger partial charge in [0.05, 0.1) is 10.2 Å². The zero-order valence-electron chi connectivity index (χ0n) is 8.40. The van der Waals surface area contributed by atoms with E-state index in [1.54, 1.807) is 11.3 Å². The molecule has 2 heterocycles. The topological polar surface area (TPSA) is 32.9 Å². The van der Waals surface area contributed by atoms with Crippen LogP contribution in [0.2, 0.25) is 0 Å². The minimum absolute atomic E-state index is 0.0169. The standard InChI is InChI=1S/C12H9NOS2/c14-12-13-10-4-3-8(7-11(10)16-12)6-9-2-1-5-15-9/h1-5,7H,6H2,(H,13,14). The summed E-state index contributed by atoms with van der Waals surface area (Å²) in [4.78, 5) is 15.4. The molecule has 0 atom stereocenters. The van der Waals surface area contributed by atoms with Crippen LogP contribution in [0.3, 0.4) is 0 Å². The third-order valence-electron chi connectivity index (χ3n) is 2.44.